The molecule has 0 aromatic heterocycles. The minimum atomic E-state index is -0.159. The van der Waals surface area contributed by atoms with Crippen molar-refractivity contribution < 1.29 is 14.3 Å². The molecule has 0 radical (unpaired) electrons. The van der Waals surface area contributed by atoms with Crippen molar-refractivity contribution in [3.8, 4) is 11.5 Å². The zero-order chi connectivity index (χ0) is 16.7. The lowest BCUT2D eigenvalue weighted by atomic mass is 10.2. The number of para-hydroxylation sites is 1. The highest BCUT2D eigenvalue weighted by atomic mass is 16.5. The lowest BCUT2D eigenvalue weighted by molar-refractivity contribution is -0.123. The van der Waals surface area contributed by atoms with E-state index >= 15 is 0 Å². The lowest BCUT2D eigenvalue weighted by Crippen LogP contribution is -2.39. The van der Waals surface area contributed by atoms with E-state index in [1.54, 1.807) is 0 Å². The fraction of sp³-hybridized carbons (Fsp3) is 0.316. The van der Waals surface area contributed by atoms with Crippen molar-refractivity contribution >= 4 is 5.91 Å². The van der Waals surface area contributed by atoms with Crippen molar-refractivity contribution in [2.45, 2.75) is 26.8 Å². The predicted octanol–water partition coefficient (Wildman–Crippen LogP) is 3.27. The quantitative estimate of drug-likeness (QED) is 0.853. The van der Waals surface area contributed by atoms with Gasteiger partial charge in [-0.15, -0.1) is 0 Å². The first kappa shape index (κ1) is 16.9. The van der Waals surface area contributed by atoms with Crippen molar-refractivity contribution in [3.05, 3.63) is 59.7 Å². The number of rotatable bonds is 7. The van der Waals surface area contributed by atoms with Crippen LogP contribution in [0.5, 0.6) is 11.5 Å². The standard InChI is InChI=1S/C19H23NO3/c1-14-8-10-17(11-9-14)22-12-16(3)20-19(21)13-23-18-7-5-4-6-15(18)2/h4-11,16H,12-13H2,1-3H3,(H,20,21)/t16-/m0/s1. The summed E-state index contributed by atoms with van der Waals surface area (Å²) in [5.41, 5.74) is 2.20. The molecular weight excluding hydrogens is 290 g/mol. The number of ether oxygens (including phenoxy) is 2. The molecule has 2 rings (SSSR count). The van der Waals surface area contributed by atoms with Gasteiger partial charge < -0.3 is 14.8 Å². The summed E-state index contributed by atoms with van der Waals surface area (Å²) < 4.78 is 11.2. The Balaban J connectivity index is 1.72. The number of hydrogen-bond donors (Lipinski definition) is 1. The van der Waals surface area contributed by atoms with E-state index in [1.165, 1.54) is 5.56 Å². The summed E-state index contributed by atoms with van der Waals surface area (Å²) in [6, 6.07) is 15.4. The van der Waals surface area contributed by atoms with Crippen LogP contribution < -0.4 is 14.8 Å². The van der Waals surface area contributed by atoms with Crippen molar-refractivity contribution in [3.63, 3.8) is 0 Å². The molecule has 4 nitrogen and oxygen atoms in total. The summed E-state index contributed by atoms with van der Waals surface area (Å²) in [7, 11) is 0. The largest absolute Gasteiger partial charge is 0.491 e. The van der Waals surface area contributed by atoms with Crippen molar-refractivity contribution in [1.29, 1.82) is 0 Å². The third-order valence-electron chi connectivity index (χ3n) is 3.38. The predicted molar refractivity (Wildman–Crippen MR) is 91.0 cm³/mol. The van der Waals surface area contributed by atoms with Crippen LogP contribution in [0.3, 0.4) is 0 Å². The maximum atomic E-state index is 11.9. The Morgan fingerprint density at radius 3 is 2.43 bits per heavy atom. The van der Waals surface area contributed by atoms with Crippen LogP contribution in [0.1, 0.15) is 18.1 Å². The number of carbonyl (C=O) groups excluding carboxylic acids is 1. The second kappa shape index (κ2) is 8.22. The van der Waals surface area contributed by atoms with E-state index in [0.29, 0.717) is 6.61 Å². The van der Waals surface area contributed by atoms with Gasteiger partial charge in [-0.3, -0.25) is 4.79 Å². The smallest absolute Gasteiger partial charge is 0.258 e. The molecule has 122 valence electrons. The highest BCUT2D eigenvalue weighted by Gasteiger charge is 2.09. The van der Waals surface area contributed by atoms with E-state index < -0.39 is 0 Å². The Bertz CT molecular complexity index is 637. The molecule has 4 heteroatoms. The monoisotopic (exact) mass is 313 g/mol. The maximum Gasteiger partial charge on any atom is 0.258 e. The first-order valence-electron chi connectivity index (χ1n) is 7.72. The van der Waals surface area contributed by atoms with Crippen LogP contribution in [0.15, 0.2) is 48.5 Å². The minimum Gasteiger partial charge on any atom is -0.491 e. The van der Waals surface area contributed by atoms with Crippen LogP contribution in [0.4, 0.5) is 0 Å². The molecule has 1 N–H and O–H groups in total. The molecule has 2 aromatic rings. The number of benzene rings is 2. The van der Waals surface area contributed by atoms with E-state index in [2.05, 4.69) is 5.32 Å². The molecule has 0 aliphatic heterocycles. The zero-order valence-electron chi connectivity index (χ0n) is 13.8. The fourth-order valence-electron chi connectivity index (χ4n) is 2.08. The molecule has 0 aliphatic carbocycles. The number of aryl methyl sites for hydroxylation is 2. The van der Waals surface area contributed by atoms with Gasteiger partial charge >= 0.3 is 0 Å². The van der Waals surface area contributed by atoms with Crippen LogP contribution >= 0.6 is 0 Å². The molecule has 0 unspecified atom stereocenters. The molecule has 0 aliphatic rings. The first-order chi connectivity index (χ1) is 11.0. The number of nitrogens with one attached hydrogen (secondary N) is 1. The Hall–Kier alpha value is -2.49. The molecule has 1 amide bonds. The van der Waals surface area contributed by atoms with Gasteiger partial charge in [0.15, 0.2) is 6.61 Å². The molecule has 0 fully saturated rings. The summed E-state index contributed by atoms with van der Waals surface area (Å²) >= 11 is 0. The highest BCUT2D eigenvalue weighted by Crippen LogP contribution is 2.15. The molecule has 0 saturated heterocycles. The molecule has 23 heavy (non-hydrogen) atoms. The van der Waals surface area contributed by atoms with Gasteiger partial charge in [-0.25, -0.2) is 0 Å². The third kappa shape index (κ3) is 5.66. The van der Waals surface area contributed by atoms with E-state index in [9.17, 15) is 4.79 Å². The Morgan fingerprint density at radius 1 is 1.04 bits per heavy atom. The van der Waals surface area contributed by atoms with Crippen LogP contribution in [-0.2, 0) is 4.79 Å². The third-order valence-corrected chi connectivity index (χ3v) is 3.38. The topological polar surface area (TPSA) is 47.6 Å². The van der Waals surface area contributed by atoms with Gasteiger partial charge in [-0.1, -0.05) is 35.9 Å². The Kier molecular flexibility index (Phi) is 6.03. The molecule has 2 aromatic carbocycles. The summed E-state index contributed by atoms with van der Waals surface area (Å²) in [5, 5.41) is 2.86. The first-order valence-corrected chi connectivity index (χ1v) is 7.72. The van der Waals surface area contributed by atoms with Crippen LogP contribution in [-0.4, -0.2) is 25.2 Å². The lowest BCUT2D eigenvalue weighted by Gasteiger charge is -2.16. The molecule has 1 atom stereocenters. The van der Waals surface area contributed by atoms with Gasteiger partial charge in [0.05, 0.1) is 6.04 Å². The van der Waals surface area contributed by atoms with Crippen LogP contribution in [0.2, 0.25) is 0 Å². The fourth-order valence-corrected chi connectivity index (χ4v) is 2.08. The highest BCUT2D eigenvalue weighted by molar-refractivity contribution is 5.77. The molecule has 0 heterocycles. The zero-order valence-corrected chi connectivity index (χ0v) is 13.8. The molecular formula is C19H23NO3. The van der Waals surface area contributed by atoms with Gasteiger partial charge in [0.1, 0.15) is 18.1 Å². The molecule has 0 saturated carbocycles. The average Bonchev–Trinajstić information content (AvgIpc) is 2.53. The Labute approximate surface area is 137 Å². The summed E-state index contributed by atoms with van der Waals surface area (Å²) in [6.07, 6.45) is 0. The summed E-state index contributed by atoms with van der Waals surface area (Å²) in [6.45, 7) is 6.30. The average molecular weight is 313 g/mol. The van der Waals surface area contributed by atoms with Gasteiger partial charge in [-0.05, 0) is 44.5 Å². The van der Waals surface area contributed by atoms with Crippen molar-refractivity contribution in [2.75, 3.05) is 13.2 Å². The maximum absolute atomic E-state index is 11.9. The number of carbonyl (C=O) groups is 1. The van der Waals surface area contributed by atoms with Gasteiger partial charge in [0, 0.05) is 0 Å². The van der Waals surface area contributed by atoms with E-state index in [1.807, 2.05) is 69.3 Å². The SMILES string of the molecule is Cc1ccc(OC[C@H](C)NC(=O)COc2ccccc2C)cc1. The summed E-state index contributed by atoms with van der Waals surface area (Å²) in [4.78, 5) is 11.9. The van der Waals surface area contributed by atoms with E-state index in [4.69, 9.17) is 9.47 Å². The number of hydrogen-bond acceptors (Lipinski definition) is 3. The van der Waals surface area contributed by atoms with Gasteiger partial charge in [0.25, 0.3) is 5.91 Å². The van der Waals surface area contributed by atoms with E-state index in [0.717, 1.165) is 17.1 Å². The van der Waals surface area contributed by atoms with Crippen molar-refractivity contribution in [1.82, 2.24) is 5.32 Å². The van der Waals surface area contributed by atoms with Crippen molar-refractivity contribution in [2.24, 2.45) is 0 Å². The number of amides is 1. The molecule has 0 bridgehead atoms. The Morgan fingerprint density at radius 2 is 1.74 bits per heavy atom. The van der Waals surface area contributed by atoms with Gasteiger partial charge in [0.2, 0.25) is 0 Å². The van der Waals surface area contributed by atoms with Crippen LogP contribution in [0.25, 0.3) is 0 Å². The van der Waals surface area contributed by atoms with Crippen LogP contribution in [0, 0.1) is 13.8 Å². The van der Waals surface area contributed by atoms with E-state index in [-0.39, 0.29) is 18.6 Å². The normalized spacial score (nSPS) is 11.6. The second-order valence-corrected chi connectivity index (χ2v) is 5.65. The second-order valence-electron chi connectivity index (χ2n) is 5.65. The summed E-state index contributed by atoms with van der Waals surface area (Å²) in [5.74, 6) is 1.37. The molecule has 0 spiro atoms. The van der Waals surface area contributed by atoms with Gasteiger partial charge in [-0.2, -0.15) is 0 Å². The minimum absolute atomic E-state index is 0.000273.